The first-order valence-corrected chi connectivity index (χ1v) is 6.23. The van der Waals surface area contributed by atoms with E-state index in [1.54, 1.807) is 11.9 Å². The number of amides is 1. The molecule has 1 heterocycles. The Balaban J connectivity index is 2.18. The zero-order valence-electron chi connectivity index (χ0n) is 10.0. The minimum atomic E-state index is -0.193. The summed E-state index contributed by atoms with van der Waals surface area (Å²) in [7, 11) is 1.79. The predicted molar refractivity (Wildman–Crippen MR) is 67.6 cm³/mol. The molecule has 2 unspecified atom stereocenters. The molecule has 1 amide bonds. The van der Waals surface area contributed by atoms with Gasteiger partial charge in [-0.2, -0.15) is 0 Å². The third-order valence-electron chi connectivity index (χ3n) is 3.23. The third-order valence-corrected chi connectivity index (χ3v) is 3.68. The van der Waals surface area contributed by atoms with Crippen LogP contribution in [-0.2, 0) is 4.79 Å². The number of nitrogens with zero attached hydrogens (tertiary/aromatic N) is 1. The maximum absolute atomic E-state index is 12.3. The van der Waals surface area contributed by atoms with Crippen molar-refractivity contribution in [3.05, 3.63) is 29.8 Å². The van der Waals surface area contributed by atoms with Crippen molar-refractivity contribution < 1.29 is 9.53 Å². The van der Waals surface area contributed by atoms with E-state index < -0.39 is 0 Å². The zero-order chi connectivity index (χ0) is 12.4. The molecule has 3 nitrogen and oxygen atoms in total. The van der Waals surface area contributed by atoms with E-state index >= 15 is 0 Å². The largest absolute Gasteiger partial charge is 0.492 e. The SMILES string of the molecule is CC(CCl)N(C)C(=O)C1COc2ccccc21. The van der Waals surface area contributed by atoms with E-state index in [2.05, 4.69) is 0 Å². The molecule has 0 saturated carbocycles. The highest BCUT2D eigenvalue weighted by Crippen LogP contribution is 2.34. The summed E-state index contributed by atoms with van der Waals surface area (Å²) in [6, 6.07) is 7.73. The van der Waals surface area contributed by atoms with Gasteiger partial charge < -0.3 is 9.64 Å². The Hall–Kier alpha value is -1.22. The summed E-state index contributed by atoms with van der Waals surface area (Å²) in [6.07, 6.45) is 0. The van der Waals surface area contributed by atoms with E-state index in [0.29, 0.717) is 12.5 Å². The normalized spacial score (nSPS) is 19.4. The summed E-state index contributed by atoms with van der Waals surface area (Å²) in [5.41, 5.74) is 0.978. The summed E-state index contributed by atoms with van der Waals surface area (Å²) in [4.78, 5) is 14.0. The van der Waals surface area contributed by atoms with Gasteiger partial charge in [0, 0.05) is 24.5 Å². The van der Waals surface area contributed by atoms with E-state index in [1.165, 1.54) is 0 Å². The Morgan fingerprint density at radius 2 is 2.29 bits per heavy atom. The Bertz CT molecular complexity index is 422. The number of ether oxygens (including phenoxy) is 1. The van der Waals surface area contributed by atoms with E-state index in [-0.39, 0.29) is 17.9 Å². The highest BCUT2D eigenvalue weighted by atomic mass is 35.5. The topological polar surface area (TPSA) is 29.5 Å². The lowest BCUT2D eigenvalue weighted by Crippen LogP contribution is -2.39. The molecule has 0 spiro atoms. The fraction of sp³-hybridized carbons (Fsp3) is 0.462. The van der Waals surface area contributed by atoms with Gasteiger partial charge >= 0.3 is 0 Å². The second-order valence-electron chi connectivity index (χ2n) is 4.35. The molecule has 1 aromatic rings. The molecule has 0 aliphatic carbocycles. The lowest BCUT2D eigenvalue weighted by atomic mass is 9.99. The van der Waals surface area contributed by atoms with Crippen LogP contribution >= 0.6 is 11.6 Å². The Morgan fingerprint density at radius 3 is 3.00 bits per heavy atom. The molecule has 0 bridgehead atoms. The van der Waals surface area contributed by atoms with Crippen LogP contribution in [0.25, 0.3) is 0 Å². The maximum Gasteiger partial charge on any atom is 0.233 e. The number of likely N-dealkylation sites (N-methyl/N-ethyl adjacent to an activating group) is 1. The van der Waals surface area contributed by atoms with Gasteiger partial charge in [-0.3, -0.25) is 4.79 Å². The lowest BCUT2D eigenvalue weighted by molar-refractivity contribution is -0.133. The van der Waals surface area contributed by atoms with Gasteiger partial charge in [-0.05, 0) is 13.0 Å². The third kappa shape index (κ3) is 2.25. The smallest absolute Gasteiger partial charge is 0.233 e. The minimum absolute atomic E-state index is 0.0388. The summed E-state index contributed by atoms with van der Waals surface area (Å²) < 4.78 is 5.52. The Morgan fingerprint density at radius 1 is 1.59 bits per heavy atom. The average Bonchev–Trinajstić information content (AvgIpc) is 2.79. The fourth-order valence-electron chi connectivity index (χ4n) is 1.93. The second kappa shape index (κ2) is 4.96. The number of carbonyl (C=O) groups is 1. The first-order chi connectivity index (χ1) is 8.15. The predicted octanol–water partition coefficient (Wildman–Crippen LogP) is 2.25. The van der Waals surface area contributed by atoms with Crippen LogP contribution in [0.5, 0.6) is 5.75 Å². The first kappa shape index (κ1) is 12.2. The van der Waals surface area contributed by atoms with Gasteiger partial charge in [0.2, 0.25) is 5.91 Å². The van der Waals surface area contributed by atoms with E-state index in [1.807, 2.05) is 31.2 Å². The van der Waals surface area contributed by atoms with Gasteiger partial charge in [-0.1, -0.05) is 18.2 Å². The first-order valence-electron chi connectivity index (χ1n) is 5.69. The molecule has 0 N–H and O–H groups in total. The van der Waals surface area contributed by atoms with E-state index in [9.17, 15) is 4.79 Å². The number of halogens is 1. The summed E-state index contributed by atoms with van der Waals surface area (Å²) in [6.45, 7) is 2.37. The molecule has 2 atom stereocenters. The highest BCUT2D eigenvalue weighted by molar-refractivity contribution is 6.18. The van der Waals surface area contributed by atoms with E-state index in [4.69, 9.17) is 16.3 Å². The van der Waals surface area contributed by atoms with Crippen molar-refractivity contribution in [2.45, 2.75) is 18.9 Å². The molecule has 17 heavy (non-hydrogen) atoms. The lowest BCUT2D eigenvalue weighted by Gasteiger charge is -2.25. The molecule has 92 valence electrons. The quantitative estimate of drug-likeness (QED) is 0.774. The summed E-state index contributed by atoms with van der Waals surface area (Å²) in [5.74, 6) is 1.14. The van der Waals surface area contributed by atoms with Gasteiger partial charge in [-0.25, -0.2) is 0 Å². The van der Waals surface area contributed by atoms with Gasteiger partial charge in [0.05, 0.1) is 0 Å². The number of carbonyl (C=O) groups excluding carboxylic acids is 1. The monoisotopic (exact) mass is 253 g/mol. The maximum atomic E-state index is 12.3. The van der Waals surface area contributed by atoms with Crippen LogP contribution in [-0.4, -0.2) is 36.4 Å². The van der Waals surface area contributed by atoms with Gasteiger partial charge in [-0.15, -0.1) is 11.6 Å². The standard InChI is InChI=1S/C13H16ClNO2/c1-9(7-14)15(2)13(16)11-8-17-12-6-4-3-5-10(11)12/h3-6,9,11H,7-8H2,1-2H3. The Kier molecular flexibility index (Phi) is 3.57. The van der Waals surface area contributed by atoms with Gasteiger partial charge in [0.25, 0.3) is 0 Å². The fourth-order valence-corrected chi connectivity index (χ4v) is 2.14. The number of rotatable bonds is 3. The van der Waals surface area contributed by atoms with E-state index in [0.717, 1.165) is 11.3 Å². The van der Waals surface area contributed by atoms with Crippen molar-refractivity contribution in [3.8, 4) is 5.75 Å². The molecule has 1 aliphatic heterocycles. The van der Waals surface area contributed by atoms with Crippen LogP contribution in [0.15, 0.2) is 24.3 Å². The van der Waals surface area contributed by atoms with Crippen molar-refractivity contribution in [1.82, 2.24) is 4.90 Å². The number of fused-ring (bicyclic) bond motifs is 1. The molecule has 1 aromatic carbocycles. The Labute approximate surface area is 106 Å². The number of alkyl halides is 1. The number of benzene rings is 1. The molecule has 2 rings (SSSR count). The van der Waals surface area contributed by atoms with Crippen molar-refractivity contribution in [1.29, 1.82) is 0 Å². The van der Waals surface area contributed by atoms with Crippen LogP contribution in [0.2, 0.25) is 0 Å². The summed E-state index contributed by atoms with van der Waals surface area (Å²) >= 11 is 5.77. The highest BCUT2D eigenvalue weighted by Gasteiger charge is 2.33. The number of hydrogen-bond acceptors (Lipinski definition) is 2. The van der Waals surface area contributed by atoms with Crippen molar-refractivity contribution in [3.63, 3.8) is 0 Å². The molecule has 0 saturated heterocycles. The molecule has 4 heteroatoms. The van der Waals surface area contributed by atoms with Crippen molar-refractivity contribution in [2.24, 2.45) is 0 Å². The average molecular weight is 254 g/mol. The van der Waals surface area contributed by atoms with Crippen LogP contribution in [0.4, 0.5) is 0 Å². The molecular formula is C13H16ClNO2. The molecule has 0 fully saturated rings. The minimum Gasteiger partial charge on any atom is -0.492 e. The molecular weight excluding hydrogens is 238 g/mol. The molecule has 1 aliphatic rings. The van der Waals surface area contributed by atoms with Crippen LogP contribution in [0.1, 0.15) is 18.4 Å². The van der Waals surface area contributed by atoms with Gasteiger partial charge in [0.15, 0.2) is 0 Å². The van der Waals surface area contributed by atoms with Crippen molar-refractivity contribution in [2.75, 3.05) is 19.5 Å². The van der Waals surface area contributed by atoms with Crippen LogP contribution < -0.4 is 4.74 Å². The molecule has 0 aromatic heterocycles. The van der Waals surface area contributed by atoms with Gasteiger partial charge in [0.1, 0.15) is 18.3 Å². The van der Waals surface area contributed by atoms with Crippen LogP contribution in [0, 0.1) is 0 Å². The van der Waals surface area contributed by atoms with Crippen LogP contribution in [0.3, 0.4) is 0 Å². The second-order valence-corrected chi connectivity index (χ2v) is 4.66. The van der Waals surface area contributed by atoms with Crippen molar-refractivity contribution >= 4 is 17.5 Å². The number of hydrogen-bond donors (Lipinski definition) is 0. The summed E-state index contributed by atoms with van der Waals surface area (Å²) in [5, 5.41) is 0. The zero-order valence-corrected chi connectivity index (χ0v) is 10.8. The molecule has 0 radical (unpaired) electrons. The number of para-hydroxylation sites is 1.